The van der Waals surface area contributed by atoms with Crippen LogP contribution < -0.4 is 0 Å². The standard InChI is InChI=1S/C11H13ClO6/c12-4-7(13)15-1-2-16-9-6-3-5-8(17-6)10(9)18-11(5)14/h5-6,8-10H,1-4H2. The molecule has 3 saturated heterocycles. The lowest BCUT2D eigenvalue weighted by molar-refractivity contribution is -0.148. The van der Waals surface area contributed by atoms with Crippen molar-refractivity contribution in [1.29, 1.82) is 0 Å². The van der Waals surface area contributed by atoms with Gasteiger partial charge in [-0.25, -0.2) is 0 Å². The van der Waals surface area contributed by atoms with E-state index in [0.717, 1.165) is 0 Å². The molecule has 0 spiro atoms. The third kappa shape index (κ3) is 1.88. The van der Waals surface area contributed by atoms with Gasteiger partial charge < -0.3 is 18.9 Å². The van der Waals surface area contributed by atoms with Gasteiger partial charge in [0.15, 0.2) is 6.10 Å². The first-order valence-electron chi connectivity index (χ1n) is 5.90. The Morgan fingerprint density at radius 2 is 2.22 bits per heavy atom. The molecule has 0 radical (unpaired) electrons. The van der Waals surface area contributed by atoms with Crippen LogP contribution in [0.4, 0.5) is 0 Å². The molecule has 3 aliphatic heterocycles. The molecule has 7 heteroatoms. The van der Waals surface area contributed by atoms with Crippen LogP contribution in [0.15, 0.2) is 0 Å². The molecule has 0 amide bonds. The Bertz CT molecular complexity index is 373. The van der Waals surface area contributed by atoms with Gasteiger partial charge in [0.05, 0.1) is 18.6 Å². The van der Waals surface area contributed by atoms with E-state index < -0.39 is 5.97 Å². The van der Waals surface area contributed by atoms with Crippen LogP contribution >= 0.6 is 11.6 Å². The van der Waals surface area contributed by atoms with E-state index in [-0.39, 0.29) is 55.4 Å². The second kappa shape index (κ2) is 4.68. The van der Waals surface area contributed by atoms with E-state index in [9.17, 15) is 9.59 Å². The van der Waals surface area contributed by atoms with Crippen LogP contribution in [0.25, 0.3) is 0 Å². The lowest BCUT2D eigenvalue weighted by Gasteiger charge is -2.22. The van der Waals surface area contributed by atoms with Gasteiger partial charge in [0.2, 0.25) is 0 Å². The summed E-state index contributed by atoms with van der Waals surface area (Å²) < 4.78 is 21.3. The monoisotopic (exact) mass is 276 g/mol. The van der Waals surface area contributed by atoms with E-state index in [2.05, 4.69) is 0 Å². The van der Waals surface area contributed by atoms with E-state index in [1.165, 1.54) is 0 Å². The van der Waals surface area contributed by atoms with Crippen molar-refractivity contribution in [2.24, 2.45) is 5.92 Å². The Kier molecular flexibility index (Phi) is 3.17. The van der Waals surface area contributed by atoms with Crippen molar-refractivity contribution in [1.82, 2.24) is 0 Å². The van der Waals surface area contributed by atoms with E-state index in [1.807, 2.05) is 0 Å². The fourth-order valence-electron chi connectivity index (χ4n) is 2.82. The molecule has 0 N–H and O–H groups in total. The number of carbonyl (C=O) groups excluding carboxylic acids is 2. The minimum absolute atomic E-state index is 0.0832. The number of hydrogen-bond acceptors (Lipinski definition) is 6. The van der Waals surface area contributed by atoms with E-state index >= 15 is 0 Å². The molecule has 5 atom stereocenters. The first-order chi connectivity index (χ1) is 8.70. The molecule has 100 valence electrons. The van der Waals surface area contributed by atoms with Crippen LogP contribution in [0, 0.1) is 5.92 Å². The topological polar surface area (TPSA) is 71.1 Å². The smallest absolute Gasteiger partial charge is 0.320 e. The number of carbonyl (C=O) groups is 2. The Hall–Kier alpha value is -0.850. The molecule has 0 aromatic carbocycles. The highest BCUT2D eigenvalue weighted by Gasteiger charge is 2.64. The van der Waals surface area contributed by atoms with Crippen molar-refractivity contribution in [2.45, 2.75) is 30.8 Å². The number of ether oxygens (including phenoxy) is 4. The molecule has 18 heavy (non-hydrogen) atoms. The largest absolute Gasteiger partial charge is 0.462 e. The molecule has 3 heterocycles. The van der Waals surface area contributed by atoms with Crippen LogP contribution in [0.3, 0.4) is 0 Å². The molecule has 0 aliphatic carbocycles. The van der Waals surface area contributed by atoms with E-state index in [4.69, 9.17) is 30.5 Å². The number of hydrogen-bond donors (Lipinski definition) is 0. The molecule has 0 saturated carbocycles. The summed E-state index contributed by atoms with van der Waals surface area (Å²) in [6.07, 6.45) is -0.123. The summed E-state index contributed by atoms with van der Waals surface area (Å²) in [6, 6.07) is 0. The lowest BCUT2D eigenvalue weighted by atomic mass is 9.88. The number of alkyl halides is 1. The average molecular weight is 277 g/mol. The van der Waals surface area contributed by atoms with Crippen LogP contribution in [0.2, 0.25) is 0 Å². The van der Waals surface area contributed by atoms with Gasteiger partial charge in [0, 0.05) is 0 Å². The molecule has 2 bridgehead atoms. The zero-order valence-corrected chi connectivity index (χ0v) is 10.3. The molecule has 6 nitrogen and oxygen atoms in total. The average Bonchev–Trinajstić information content (AvgIpc) is 2.97. The van der Waals surface area contributed by atoms with Gasteiger partial charge in [0.25, 0.3) is 0 Å². The molecular formula is C11H13ClO6. The molecule has 5 unspecified atom stereocenters. The van der Waals surface area contributed by atoms with Crippen LogP contribution in [0.5, 0.6) is 0 Å². The van der Waals surface area contributed by atoms with Crippen molar-refractivity contribution >= 4 is 23.5 Å². The van der Waals surface area contributed by atoms with Gasteiger partial charge in [-0.2, -0.15) is 0 Å². The summed E-state index contributed by atoms with van der Waals surface area (Å²) in [5, 5.41) is 0. The van der Waals surface area contributed by atoms with E-state index in [1.54, 1.807) is 0 Å². The lowest BCUT2D eigenvalue weighted by Crippen LogP contribution is -2.39. The first-order valence-corrected chi connectivity index (χ1v) is 6.43. The normalized spacial score (nSPS) is 40.1. The van der Waals surface area contributed by atoms with Gasteiger partial charge in [-0.3, -0.25) is 9.59 Å². The Morgan fingerprint density at radius 1 is 1.39 bits per heavy atom. The van der Waals surface area contributed by atoms with Crippen LogP contribution in [-0.2, 0) is 28.5 Å². The predicted molar refractivity (Wildman–Crippen MR) is 58.1 cm³/mol. The number of fused-ring (bicyclic) bond motifs is 1. The van der Waals surface area contributed by atoms with Crippen molar-refractivity contribution in [3.63, 3.8) is 0 Å². The zero-order valence-electron chi connectivity index (χ0n) is 9.54. The highest BCUT2D eigenvalue weighted by Crippen LogP contribution is 2.47. The number of esters is 2. The zero-order chi connectivity index (χ0) is 12.7. The van der Waals surface area contributed by atoms with Crippen LogP contribution in [0.1, 0.15) is 6.42 Å². The maximum Gasteiger partial charge on any atom is 0.320 e. The minimum Gasteiger partial charge on any atom is -0.462 e. The van der Waals surface area contributed by atoms with Crippen molar-refractivity contribution in [3.8, 4) is 0 Å². The summed E-state index contributed by atoms with van der Waals surface area (Å²) in [5.41, 5.74) is 0. The van der Waals surface area contributed by atoms with Crippen molar-refractivity contribution in [3.05, 3.63) is 0 Å². The maximum absolute atomic E-state index is 11.5. The van der Waals surface area contributed by atoms with Crippen molar-refractivity contribution < 1.29 is 28.5 Å². The van der Waals surface area contributed by atoms with Gasteiger partial charge in [-0.15, -0.1) is 11.6 Å². The second-order valence-electron chi connectivity index (χ2n) is 4.57. The Balaban J connectivity index is 1.47. The molecule has 3 aliphatic rings. The summed E-state index contributed by atoms with van der Waals surface area (Å²) in [5.74, 6) is -0.947. The SMILES string of the molecule is O=C(CCl)OCCOC1C2CC3C(=O)OC1C3O2. The quantitative estimate of drug-likeness (QED) is 0.396. The summed E-state index contributed by atoms with van der Waals surface area (Å²) in [7, 11) is 0. The minimum atomic E-state index is -0.475. The van der Waals surface area contributed by atoms with E-state index in [0.29, 0.717) is 6.42 Å². The molecule has 0 aromatic heterocycles. The van der Waals surface area contributed by atoms with Gasteiger partial charge in [-0.05, 0) is 6.42 Å². The molecule has 3 fully saturated rings. The Morgan fingerprint density at radius 3 is 3.00 bits per heavy atom. The summed E-state index contributed by atoms with van der Waals surface area (Å²) in [6.45, 7) is 0.391. The number of rotatable bonds is 5. The van der Waals surface area contributed by atoms with Crippen LogP contribution in [-0.4, -0.2) is 55.4 Å². The Labute approximate surface area is 108 Å². The maximum atomic E-state index is 11.5. The van der Waals surface area contributed by atoms with Gasteiger partial charge in [-0.1, -0.05) is 0 Å². The fraction of sp³-hybridized carbons (Fsp3) is 0.818. The second-order valence-corrected chi connectivity index (χ2v) is 4.84. The molecular weight excluding hydrogens is 264 g/mol. The first kappa shape index (κ1) is 12.2. The third-order valence-electron chi connectivity index (χ3n) is 3.55. The molecule has 3 rings (SSSR count). The predicted octanol–water partition coefficient (Wildman–Crippen LogP) is -0.134. The summed E-state index contributed by atoms with van der Waals surface area (Å²) in [4.78, 5) is 22.3. The summed E-state index contributed by atoms with van der Waals surface area (Å²) >= 11 is 5.28. The third-order valence-corrected chi connectivity index (χ3v) is 3.77. The fourth-order valence-corrected chi connectivity index (χ4v) is 2.90. The van der Waals surface area contributed by atoms with Gasteiger partial charge in [0.1, 0.15) is 24.7 Å². The van der Waals surface area contributed by atoms with Crippen molar-refractivity contribution in [2.75, 3.05) is 19.1 Å². The molecule has 0 aromatic rings. The number of halogens is 1. The van der Waals surface area contributed by atoms with Gasteiger partial charge >= 0.3 is 11.9 Å². The highest BCUT2D eigenvalue weighted by molar-refractivity contribution is 6.26. The highest BCUT2D eigenvalue weighted by atomic mass is 35.5.